The normalized spacial score (nSPS) is 18.5. The topological polar surface area (TPSA) is 66.5 Å². The van der Waals surface area contributed by atoms with Gasteiger partial charge in [0.25, 0.3) is 0 Å². The maximum atomic E-state index is 13.0. The van der Waals surface area contributed by atoms with Crippen LogP contribution < -0.4 is 5.32 Å². The van der Waals surface area contributed by atoms with Gasteiger partial charge in [0.15, 0.2) is 0 Å². The number of halogens is 1. The molecule has 5 nitrogen and oxygen atoms in total. The number of benzene rings is 2. The van der Waals surface area contributed by atoms with E-state index < -0.39 is 10.0 Å². The molecule has 0 bridgehead atoms. The fourth-order valence-corrected chi connectivity index (χ4v) is 6.77. The van der Waals surface area contributed by atoms with Gasteiger partial charge in [-0.2, -0.15) is 0 Å². The highest BCUT2D eigenvalue weighted by molar-refractivity contribution is 7.88. The van der Waals surface area contributed by atoms with Crippen molar-refractivity contribution in [2.75, 3.05) is 13.1 Å². The summed E-state index contributed by atoms with van der Waals surface area (Å²) in [6.45, 7) is 2.84. The Morgan fingerprint density at radius 1 is 1.09 bits per heavy atom. The van der Waals surface area contributed by atoms with Gasteiger partial charge < -0.3 is 5.32 Å². The first-order chi connectivity index (χ1) is 15.9. The van der Waals surface area contributed by atoms with E-state index in [1.807, 2.05) is 0 Å². The number of nitrogens with zero attached hydrogens (tertiary/aromatic N) is 1. The van der Waals surface area contributed by atoms with E-state index in [0.717, 1.165) is 19.3 Å². The molecule has 2 aromatic rings. The highest BCUT2D eigenvalue weighted by Crippen LogP contribution is 2.28. The molecule has 1 heterocycles. The maximum Gasteiger partial charge on any atom is 0.223 e. The number of carbonyl (C=O) groups excluding carboxylic acids is 1. The number of piperidine rings is 1. The Balaban J connectivity index is 1.34. The number of sulfonamides is 1. The molecule has 1 aliphatic heterocycles. The first-order valence-electron chi connectivity index (χ1n) is 12.0. The standard InChI is InChI=1S/C26H33ClN2O3S/c1-2-25(23-11-10-20-7-3-4-8-22(20)17-23)28-26(30)21-12-14-29(15-13-21)33(31,32)18-19-6-5-9-24(27)16-19/h5-6,9-11,16-17,21,25H,2-4,7-8,12-15,18H2,1H3,(H,28,30)/t25-/m1/s1. The van der Waals surface area contributed by atoms with Crippen LogP contribution in [0.4, 0.5) is 0 Å². The number of fused-ring (bicyclic) bond motifs is 1. The van der Waals surface area contributed by atoms with Crippen molar-refractivity contribution in [3.63, 3.8) is 0 Å². The van der Waals surface area contributed by atoms with Gasteiger partial charge in [0, 0.05) is 24.0 Å². The average Bonchev–Trinajstić information content (AvgIpc) is 2.82. The number of hydrogen-bond donors (Lipinski definition) is 1. The van der Waals surface area contributed by atoms with Crippen LogP contribution in [0.25, 0.3) is 0 Å². The molecule has 2 aliphatic rings. The van der Waals surface area contributed by atoms with Crippen LogP contribution >= 0.6 is 11.6 Å². The van der Waals surface area contributed by atoms with Gasteiger partial charge >= 0.3 is 0 Å². The number of nitrogens with one attached hydrogen (secondary N) is 1. The highest BCUT2D eigenvalue weighted by atomic mass is 35.5. The quantitative estimate of drug-likeness (QED) is 0.594. The molecule has 2 aromatic carbocycles. The fraction of sp³-hybridized carbons (Fsp3) is 0.500. The Morgan fingerprint density at radius 2 is 1.82 bits per heavy atom. The van der Waals surface area contributed by atoms with Crippen LogP contribution in [0.3, 0.4) is 0 Å². The molecular weight excluding hydrogens is 456 g/mol. The summed E-state index contributed by atoms with van der Waals surface area (Å²) in [5.41, 5.74) is 4.72. The molecule has 1 amide bonds. The van der Waals surface area contributed by atoms with Crippen molar-refractivity contribution in [3.8, 4) is 0 Å². The zero-order chi connectivity index (χ0) is 23.4. The summed E-state index contributed by atoms with van der Waals surface area (Å²) in [4.78, 5) is 13.0. The smallest absolute Gasteiger partial charge is 0.223 e. The molecule has 178 valence electrons. The van der Waals surface area contributed by atoms with Gasteiger partial charge in [-0.05, 0) is 79.3 Å². The van der Waals surface area contributed by atoms with E-state index in [1.165, 1.54) is 33.8 Å². The van der Waals surface area contributed by atoms with Gasteiger partial charge in [0.1, 0.15) is 0 Å². The monoisotopic (exact) mass is 488 g/mol. The molecule has 0 saturated carbocycles. The van der Waals surface area contributed by atoms with E-state index in [9.17, 15) is 13.2 Å². The van der Waals surface area contributed by atoms with Crippen molar-refractivity contribution in [1.82, 2.24) is 9.62 Å². The van der Waals surface area contributed by atoms with Gasteiger partial charge in [0.05, 0.1) is 11.8 Å². The lowest BCUT2D eigenvalue weighted by Gasteiger charge is -2.31. The van der Waals surface area contributed by atoms with E-state index in [4.69, 9.17) is 11.6 Å². The first-order valence-corrected chi connectivity index (χ1v) is 14.0. The summed E-state index contributed by atoms with van der Waals surface area (Å²) in [5, 5.41) is 3.77. The van der Waals surface area contributed by atoms with Crippen molar-refractivity contribution in [3.05, 3.63) is 69.7 Å². The third kappa shape index (κ3) is 5.97. The summed E-state index contributed by atoms with van der Waals surface area (Å²) < 4.78 is 27.2. The highest BCUT2D eigenvalue weighted by Gasteiger charge is 2.32. The molecule has 7 heteroatoms. The van der Waals surface area contributed by atoms with Crippen LogP contribution in [-0.4, -0.2) is 31.7 Å². The van der Waals surface area contributed by atoms with Gasteiger partial charge in [-0.25, -0.2) is 12.7 Å². The Bertz CT molecular complexity index is 1090. The van der Waals surface area contributed by atoms with Gasteiger partial charge in [0.2, 0.25) is 15.9 Å². The lowest BCUT2D eigenvalue weighted by Crippen LogP contribution is -2.44. The molecule has 33 heavy (non-hydrogen) atoms. The summed E-state index contributed by atoms with van der Waals surface area (Å²) in [6.07, 6.45) is 6.68. The van der Waals surface area contributed by atoms with Crippen molar-refractivity contribution in [1.29, 1.82) is 0 Å². The molecule has 1 saturated heterocycles. The molecule has 1 atom stereocenters. The first kappa shape index (κ1) is 24.2. The zero-order valence-corrected chi connectivity index (χ0v) is 20.8. The summed E-state index contributed by atoms with van der Waals surface area (Å²) >= 11 is 5.99. The van der Waals surface area contributed by atoms with Crippen molar-refractivity contribution >= 4 is 27.5 Å². The number of carbonyl (C=O) groups is 1. The average molecular weight is 489 g/mol. The lowest BCUT2D eigenvalue weighted by molar-refractivity contribution is -0.126. The number of amides is 1. The van der Waals surface area contributed by atoms with Gasteiger partial charge in [-0.1, -0.05) is 48.9 Å². The van der Waals surface area contributed by atoms with Crippen LogP contribution in [0.5, 0.6) is 0 Å². The molecule has 4 rings (SSSR count). The second-order valence-electron chi connectivity index (χ2n) is 9.26. The second-order valence-corrected chi connectivity index (χ2v) is 11.7. The van der Waals surface area contributed by atoms with Crippen LogP contribution in [-0.2, 0) is 33.4 Å². The van der Waals surface area contributed by atoms with Crippen LogP contribution in [0.2, 0.25) is 5.02 Å². The SMILES string of the molecule is CC[C@@H](NC(=O)C1CCN(S(=O)(=O)Cc2cccc(Cl)c2)CC1)c1ccc2c(c1)CCCC2. The maximum absolute atomic E-state index is 13.0. The van der Waals surface area contributed by atoms with E-state index in [-0.39, 0.29) is 23.6 Å². The van der Waals surface area contributed by atoms with Crippen LogP contribution in [0, 0.1) is 5.92 Å². The Labute approximate surface area is 202 Å². The molecule has 1 N–H and O–H groups in total. The summed E-state index contributed by atoms with van der Waals surface area (Å²) in [6, 6.07) is 13.6. The van der Waals surface area contributed by atoms with Crippen molar-refractivity contribution < 1.29 is 13.2 Å². The minimum absolute atomic E-state index is 0.00526. The number of aryl methyl sites for hydroxylation is 2. The predicted molar refractivity (Wildman–Crippen MR) is 133 cm³/mol. The molecule has 0 aromatic heterocycles. The third-order valence-electron chi connectivity index (χ3n) is 6.96. The lowest BCUT2D eigenvalue weighted by atomic mass is 9.88. The number of hydrogen-bond acceptors (Lipinski definition) is 3. The zero-order valence-electron chi connectivity index (χ0n) is 19.2. The van der Waals surface area contributed by atoms with Crippen LogP contribution in [0.1, 0.15) is 67.3 Å². The summed E-state index contributed by atoms with van der Waals surface area (Å²) in [5.74, 6) is -0.193. The van der Waals surface area contributed by atoms with Crippen molar-refractivity contribution in [2.24, 2.45) is 5.92 Å². The Morgan fingerprint density at radius 3 is 2.52 bits per heavy atom. The van der Waals surface area contributed by atoms with E-state index in [2.05, 4.69) is 30.4 Å². The molecular formula is C26H33ClN2O3S. The largest absolute Gasteiger partial charge is 0.349 e. The molecule has 0 radical (unpaired) electrons. The van der Waals surface area contributed by atoms with Crippen molar-refractivity contribution in [2.45, 2.75) is 63.7 Å². The van der Waals surface area contributed by atoms with E-state index >= 15 is 0 Å². The van der Waals surface area contributed by atoms with E-state index in [0.29, 0.717) is 36.5 Å². The molecule has 1 aliphatic carbocycles. The second kappa shape index (κ2) is 10.6. The third-order valence-corrected chi connectivity index (χ3v) is 9.04. The minimum Gasteiger partial charge on any atom is -0.349 e. The molecule has 0 unspecified atom stereocenters. The Kier molecular flexibility index (Phi) is 7.77. The van der Waals surface area contributed by atoms with E-state index in [1.54, 1.807) is 24.3 Å². The van der Waals surface area contributed by atoms with Gasteiger partial charge in [-0.3, -0.25) is 4.79 Å². The summed E-state index contributed by atoms with van der Waals surface area (Å²) in [7, 11) is -3.44. The number of rotatable bonds is 7. The van der Waals surface area contributed by atoms with Gasteiger partial charge in [-0.15, -0.1) is 0 Å². The predicted octanol–water partition coefficient (Wildman–Crippen LogP) is 5.03. The molecule has 1 fully saturated rings. The minimum atomic E-state index is -3.44. The fourth-order valence-electron chi connectivity index (χ4n) is 5.01. The molecule has 0 spiro atoms. The van der Waals surface area contributed by atoms with Crippen LogP contribution in [0.15, 0.2) is 42.5 Å². The Hall–Kier alpha value is -1.89.